The van der Waals surface area contributed by atoms with Crippen molar-refractivity contribution in [1.82, 2.24) is 0 Å². The minimum atomic E-state index is -0.695. The van der Waals surface area contributed by atoms with Gasteiger partial charge in [-0.05, 0) is 35.4 Å². The van der Waals surface area contributed by atoms with Gasteiger partial charge in [0.05, 0.1) is 5.69 Å². The highest BCUT2D eigenvalue weighted by Crippen LogP contribution is 2.39. The first-order valence-electron chi connectivity index (χ1n) is 5.76. The maximum atomic E-state index is 12.4. The number of nitrogens with zero attached hydrogens (tertiary/aromatic N) is 1. The fourth-order valence-electron chi connectivity index (χ4n) is 2.30. The number of carbonyl (C=O) groups is 2. The van der Waals surface area contributed by atoms with E-state index in [1.807, 2.05) is 12.1 Å². The number of hydrogen-bond acceptors (Lipinski definition) is 3. The van der Waals surface area contributed by atoms with Crippen molar-refractivity contribution in [1.29, 1.82) is 0 Å². The van der Waals surface area contributed by atoms with E-state index in [9.17, 15) is 9.59 Å². The topological polar surface area (TPSA) is 63.4 Å². The number of carbonyl (C=O) groups excluding carboxylic acids is 2. The largest absolute Gasteiger partial charge is 0.350 e. The van der Waals surface area contributed by atoms with Crippen molar-refractivity contribution in [2.45, 2.75) is 0 Å². The molecule has 0 fully saturated rings. The number of anilines is 1. The van der Waals surface area contributed by atoms with Crippen LogP contribution in [0.3, 0.4) is 0 Å². The highest BCUT2D eigenvalue weighted by Gasteiger charge is 2.27. The van der Waals surface area contributed by atoms with Gasteiger partial charge in [-0.15, -0.1) is 0 Å². The predicted octanol–water partition coefficient (Wildman–Crippen LogP) is 3.39. The van der Waals surface area contributed by atoms with Gasteiger partial charge in [0.15, 0.2) is 5.78 Å². The fourth-order valence-corrected chi connectivity index (χ4v) is 2.78. The summed E-state index contributed by atoms with van der Waals surface area (Å²) >= 11 is 7.36. The normalized spacial score (nSPS) is 12.0. The highest BCUT2D eigenvalue weighted by molar-refractivity contribution is 9.10. The summed E-state index contributed by atoms with van der Waals surface area (Å²) in [6.45, 7) is 0. The number of nitrogens with two attached hydrogens (primary N) is 1. The minimum absolute atomic E-state index is 0.0654. The summed E-state index contributed by atoms with van der Waals surface area (Å²) < 4.78 is 1.86. The number of rotatable bonds is 1. The van der Waals surface area contributed by atoms with Crippen molar-refractivity contribution in [3.8, 4) is 11.1 Å². The van der Waals surface area contributed by atoms with Crippen LogP contribution in [0.4, 0.5) is 10.5 Å². The number of benzene rings is 2. The number of thiol groups is 1. The highest BCUT2D eigenvalue weighted by atomic mass is 79.9. The van der Waals surface area contributed by atoms with Crippen LogP contribution in [-0.2, 0) is 0 Å². The number of ketones is 1. The van der Waals surface area contributed by atoms with Crippen LogP contribution in [0, 0.1) is 0 Å². The predicted molar refractivity (Wildman–Crippen MR) is 84.1 cm³/mol. The molecule has 2 aromatic rings. The van der Waals surface area contributed by atoms with Crippen LogP contribution in [0.5, 0.6) is 0 Å². The summed E-state index contributed by atoms with van der Waals surface area (Å²) in [7, 11) is 0. The molecule has 2 aromatic carbocycles. The maximum absolute atomic E-state index is 12.4. The Balaban J connectivity index is 2.15. The van der Waals surface area contributed by atoms with Crippen molar-refractivity contribution in [3.05, 3.63) is 52.0 Å². The van der Waals surface area contributed by atoms with E-state index in [0.717, 1.165) is 19.9 Å². The number of fused-ring (bicyclic) bond motifs is 3. The monoisotopic (exact) mass is 348 g/mol. The van der Waals surface area contributed by atoms with Gasteiger partial charge in [0.1, 0.15) is 0 Å². The Morgan fingerprint density at radius 1 is 1.05 bits per heavy atom. The van der Waals surface area contributed by atoms with Gasteiger partial charge in [0.25, 0.3) is 0 Å². The lowest BCUT2D eigenvalue weighted by Gasteiger charge is -2.13. The molecular formula is C14H9BrN2O2S. The van der Waals surface area contributed by atoms with Gasteiger partial charge in [-0.2, -0.15) is 0 Å². The van der Waals surface area contributed by atoms with E-state index < -0.39 is 6.03 Å². The third-order valence-corrected chi connectivity index (χ3v) is 4.14. The zero-order valence-electron chi connectivity index (χ0n) is 10.1. The molecule has 0 aromatic heterocycles. The van der Waals surface area contributed by atoms with Crippen LogP contribution in [0.2, 0.25) is 0 Å². The van der Waals surface area contributed by atoms with Crippen molar-refractivity contribution in [3.63, 3.8) is 0 Å². The third kappa shape index (κ3) is 1.92. The van der Waals surface area contributed by atoms with Crippen LogP contribution < -0.4 is 10.0 Å². The first-order valence-corrected chi connectivity index (χ1v) is 6.95. The molecule has 0 atom stereocenters. The Morgan fingerprint density at radius 3 is 2.30 bits per heavy atom. The maximum Gasteiger partial charge on any atom is 0.329 e. The summed E-state index contributed by atoms with van der Waals surface area (Å²) in [6.07, 6.45) is 0. The van der Waals surface area contributed by atoms with Crippen molar-refractivity contribution in [2.24, 2.45) is 5.73 Å². The van der Waals surface area contributed by atoms with Gasteiger partial charge in [0.2, 0.25) is 0 Å². The van der Waals surface area contributed by atoms with Crippen molar-refractivity contribution >= 4 is 46.2 Å². The molecule has 6 heteroatoms. The summed E-state index contributed by atoms with van der Waals surface area (Å²) in [5.74, 6) is -0.0654. The molecule has 20 heavy (non-hydrogen) atoms. The van der Waals surface area contributed by atoms with E-state index in [4.69, 9.17) is 5.73 Å². The molecule has 0 radical (unpaired) electrons. The first kappa shape index (κ1) is 13.2. The molecule has 3 rings (SSSR count). The van der Waals surface area contributed by atoms with Gasteiger partial charge in [0, 0.05) is 15.6 Å². The molecule has 1 aliphatic rings. The van der Waals surface area contributed by atoms with Gasteiger partial charge < -0.3 is 5.73 Å². The second-order valence-corrected chi connectivity index (χ2v) is 5.71. The molecule has 0 unspecified atom stereocenters. The number of hydrogen-bond donors (Lipinski definition) is 2. The van der Waals surface area contributed by atoms with E-state index >= 15 is 0 Å². The lowest BCUT2D eigenvalue weighted by molar-refractivity contribution is 0.104. The third-order valence-electron chi connectivity index (χ3n) is 3.22. The molecule has 0 saturated heterocycles. The average molecular weight is 349 g/mol. The minimum Gasteiger partial charge on any atom is -0.350 e. The molecule has 100 valence electrons. The summed E-state index contributed by atoms with van der Waals surface area (Å²) in [6, 6.07) is 10.0. The zero-order chi connectivity index (χ0) is 14.4. The van der Waals surface area contributed by atoms with E-state index in [2.05, 4.69) is 28.7 Å². The quantitative estimate of drug-likeness (QED) is 0.662. The Bertz CT molecular complexity index is 761. The lowest BCUT2D eigenvalue weighted by Crippen LogP contribution is -2.27. The van der Waals surface area contributed by atoms with Crippen LogP contribution >= 0.6 is 28.7 Å². The SMILES string of the molecule is NC(=O)N(S)c1ccc2c(c1)C(=O)c1cc(Br)ccc1-2. The van der Waals surface area contributed by atoms with Gasteiger partial charge in [-0.1, -0.05) is 40.9 Å². The van der Waals surface area contributed by atoms with E-state index in [-0.39, 0.29) is 5.78 Å². The molecule has 0 bridgehead atoms. The average Bonchev–Trinajstić information content (AvgIpc) is 2.70. The second kappa shape index (κ2) is 4.64. The Labute approximate surface area is 129 Å². The molecule has 2 N–H and O–H groups in total. The van der Waals surface area contributed by atoms with Crippen LogP contribution in [-0.4, -0.2) is 11.8 Å². The standard InChI is InChI=1S/C14H9BrN2O2S/c15-7-1-3-9-10-4-2-8(17(20)14(16)19)6-12(10)13(18)11(9)5-7/h1-6,20H,(H2,16,19). The van der Waals surface area contributed by atoms with Gasteiger partial charge in [-0.3, -0.25) is 4.79 Å². The van der Waals surface area contributed by atoms with E-state index in [1.54, 1.807) is 24.3 Å². The number of urea groups is 1. The van der Waals surface area contributed by atoms with Gasteiger partial charge in [-0.25, -0.2) is 9.10 Å². The molecule has 4 nitrogen and oxygen atoms in total. The van der Waals surface area contributed by atoms with E-state index in [0.29, 0.717) is 16.8 Å². The molecule has 1 aliphatic carbocycles. The molecule has 0 aliphatic heterocycles. The van der Waals surface area contributed by atoms with Gasteiger partial charge >= 0.3 is 6.03 Å². The van der Waals surface area contributed by atoms with Crippen LogP contribution in [0.15, 0.2) is 40.9 Å². The molecular weight excluding hydrogens is 340 g/mol. The van der Waals surface area contributed by atoms with Crippen LogP contribution in [0.25, 0.3) is 11.1 Å². The molecule has 0 heterocycles. The summed E-state index contributed by atoms with van der Waals surface area (Å²) in [5, 5.41) is 0. The number of primary amides is 1. The molecule has 2 amide bonds. The van der Waals surface area contributed by atoms with E-state index in [1.165, 1.54) is 0 Å². The van der Waals surface area contributed by atoms with Crippen molar-refractivity contribution in [2.75, 3.05) is 4.31 Å². The lowest BCUT2D eigenvalue weighted by atomic mass is 10.1. The molecule has 0 spiro atoms. The second-order valence-electron chi connectivity index (χ2n) is 4.40. The molecule has 0 saturated carbocycles. The first-order chi connectivity index (χ1) is 9.49. The smallest absolute Gasteiger partial charge is 0.329 e. The zero-order valence-corrected chi connectivity index (χ0v) is 12.6. The summed E-state index contributed by atoms with van der Waals surface area (Å²) in [5.41, 5.74) is 8.59. The number of halogens is 1. The van der Waals surface area contributed by atoms with Crippen molar-refractivity contribution < 1.29 is 9.59 Å². The Morgan fingerprint density at radius 2 is 1.65 bits per heavy atom. The summed E-state index contributed by atoms with van der Waals surface area (Å²) in [4.78, 5) is 23.5. The van der Waals surface area contributed by atoms with Crippen LogP contribution in [0.1, 0.15) is 15.9 Å². The number of amides is 2. The Kier molecular flexibility index (Phi) is 3.07. The fraction of sp³-hybridized carbons (Fsp3) is 0. The Hall–Kier alpha value is -1.79.